The van der Waals surface area contributed by atoms with Gasteiger partial charge in [0.15, 0.2) is 24.7 Å². The summed E-state index contributed by atoms with van der Waals surface area (Å²) in [4.78, 5) is 17.4. The number of carbonyl (C=O) groups excluding carboxylic acids is 1. The fourth-order valence-corrected chi connectivity index (χ4v) is 8.31. The van der Waals surface area contributed by atoms with Gasteiger partial charge >= 0.3 is 12.4 Å². The Bertz CT molecular complexity index is 1490. The van der Waals surface area contributed by atoms with Gasteiger partial charge in [-0.15, -0.1) is 0 Å². The molecular weight excluding hydrogens is 586 g/mol. The average molecular weight is 613 g/mol. The van der Waals surface area contributed by atoms with Gasteiger partial charge in [-0.3, -0.25) is 4.79 Å². The van der Waals surface area contributed by atoms with Crippen LogP contribution in [0.2, 0.25) is 0 Å². The Balaban J connectivity index is 1.46. The van der Waals surface area contributed by atoms with Crippen molar-refractivity contribution in [3.05, 3.63) is 53.2 Å². The third-order valence-electron chi connectivity index (χ3n) is 7.25. The predicted molar refractivity (Wildman–Crippen MR) is 131 cm³/mol. The van der Waals surface area contributed by atoms with Gasteiger partial charge in [-0.25, -0.2) is 21.8 Å². The highest BCUT2D eigenvalue weighted by molar-refractivity contribution is 7.92. The highest BCUT2D eigenvalue weighted by Gasteiger charge is 2.43. The standard InChI is InChI=1S/C25H26F6N2O5S2/c1-15(14-39(35,36)19-4-2-3-17(13-19)24(26,27)28)16-9-11-33(12-10-16)23(34)20-7-8-21(25(29,30)31)32-22(20)40(37,38)18-5-6-18/h2-4,7-8,13,15-16,18H,5-6,9-12,14H2,1H3. The van der Waals surface area contributed by atoms with E-state index in [9.17, 15) is 48.0 Å². The predicted octanol–water partition coefficient (Wildman–Crippen LogP) is 5.02. The molecular formula is C25H26F6N2O5S2. The van der Waals surface area contributed by atoms with E-state index in [1.54, 1.807) is 6.92 Å². The van der Waals surface area contributed by atoms with E-state index in [-0.39, 0.29) is 31.8 Å². The number of sulfone groups is 2. The summed E-state index contributed by atoms with van der Waals surface area (Å²) in [6.45, 7) is 1.82. The molecule has 1 unspecified atom stereocenters. The molecule has 220 valence electrons. The van der Waals surface area contributed by atoms with Crippen molar-refractivity contribution in [2.45, 2.75) is 60.1 Å². The van der Waals surface area contributed by atoms with Gasteiger partial charge in [0.1, 0.15) is 5.69 Å². The van der Waals surface area contributed by atoms with Crippen LogP contribution < -0.4 is 0 Å². The number of halogens is 6. The maximum atomic E-state index is 13.2. The van der Waals surface area contributed by atoms with E-state index in [2.05, 4.69) is 4.98 Å². The van der Waals surface area contributed by atoms with E-state index in [1.807, 2.05) is 0 Å². The number of nitrogens with zero attached hydrogens (tertiary/aromatic N) is 2. The molecule has 2 fully saturated rings. The molecule has 0 bridgehead atoms. The van der Waals surface area contributed by atoms with Crippen molar-refractivity contribution < 1.29 is 48.0 Å². The molecule has 0 radical (unpaired) electrons. The van der Waals surface area contributed by atoms with Crippen molar-refractivity contribution in [1.29, 1.82) is 0 Å². The Kier molecular flexibility index (Phi) is 8.04. The number of pyridine rings is 1. The van der Waals surface area contributed by atoms with Gasteiger partial charge in [0, 0.05) is 13.1 Å². The lowest BCUT2D eigenvalue weighted by molar-refractivity contribution is -0.141. The highest BCUT2D eigenvalue weighted by Crippen LogP contribution is 2.37. The van der Waals surface area contributed by atoms with Crippen LogP contribution in [0, 0.1) is 11.8 Å². The monoisotopic (exact) mass is 612 g/mol. The summed E-state index contributed by atoms with van der Waals surface area (Å²) >= 11 is 0. The molecule has 40 heavy (non-hydrogen) atoms. The second-order valence-electron chi connectivity index (χ2n) is 10.2. The van der Waals surface area contributed by atoms with E-state index in [1.165, 1.54) is 4.90 Å². The molecule has 1 amide bonds. The first-order chi connectivity index (χ1) is 18.4. The van der Waals surface area contributed by atoms with Crippen molar-refractivity contribution in [2.24, 2.45) is 11.8 Å². The summed E-state index contributed by atoms with van der Waals surface area (Å²) in [5, 5.41) is -1.78. The topological polar surface area (TPSA) is 101 Å². The summed E-state index contributed by atoms with van der Waals surface area (Å²) in [6, 6.07) is 4.88. The Hall–Kier alpha value is -2.68. The zero-order valence-corrected chi connectivity index (χ0v) is 22.8. The van der Waals surface area contributed by atoms with Crippen molar-refractivity contribution in [1.82, 2.24) is 9.88 Å². The first-order valence-electron chi connectivity index (χ1n) is 12.4. The maximum Gasteiger partial charge on any atom is 0.433 e. The minimum absolute atomic E-state index is 0.0847. The van der Waals surface area contributed by atoms with Gasteiger partial charge < -0.3 is 4.90 Å². The van der Waals surface area contributed by atoms with E-state index in [4.69, 9.17) is 0 Å². The molecule has 1 saturated heterocycles. The molecule has 1 atom stereocenters. The second kappa shape index (κ2) is 10.6. The minimum atomic E-state index is -4.90. The second-order valence-corrected chi connectivity index (χ2v) is 14.4. The van der Waals surface area contributed by atoms with Crippen LogP contribution in [0.15, 0.2) is 46.3 Å². The van der Waals surface area contributed by atoms with Crippen LogP contribution in [0.4, 0.5) is 26.3 Å². The Morgan fingerprint density at radius 2 is 1.57 bits per heavy atom. The lowest BCUT2D eigenvalue weighted by Gasteiger charge is -2.35. The molecule has 1 aromatic heterocycles. The number of likely N-dealkylation sites (tertiary alicyclic amines) is 1. The van der Waals surface area contributed by atoms with Gasteiger partial charge in [0.05, 0.1) is 27.0 Å². The highest BCUT2D eigenvalue weighted by atomic mass is 32.2. The van der Waals surface area contributed by atoms with Gasteiger partial charge in [-0.2, -0.15) is 26.3 Å². The number of aromatic nitrogens is 1. The summed E-state index contributed by atoms with van der Waals surface area (Å²) in [7, 11) is -8.29. The molecule has 0 N–H and O–H groups in total. The van der Waals surface area contributed by atoms with Gasteiger partial charge in [0.2, 0.25) is 0 Å². The van der Waals surface area contributed by atoms with Crippen LogP contribution in [0.5, 0.6) is 0 Å². The molecule has 2 aromatic rings. The molecule has 1 aliphatic heterocycles. The molecule has 1 aromatic carbocycles. The van der Waals surface area contributed by atoms with Crippen LogP contribution in [-0.4, -0.2) is 56.7 Å². The van der Waals surface area contributed by atoms with Crippen molar-refractivity contribution in [3.63, 3.8) is 0 Å². The van der Waals surface area contributed by atoms with Gasteiger partial charge in [0.25, 0.3) is 5.91 Å². The molecule has 15 heteroatoms. The first kappa shape index (κ1) is 30.3. The molecule has 1 saturated carbocycles. The molecule has 1 aliphatic carbocycles. The fourth-order valence-electron chi connectivity index (χ4n) is 4.80. The Labute approximate surface area is 227 Å². The number of carbonyl (C=O) groups is 1. The molecule has 4 rings (SSSR count). The number of hydrogen-bond acceptors (Lipinski definition) is 6. The largest absolute Gasteiger partial charge is 0.433 e. The quantitative estimate of drug-likeness (QED) is 0.408. The van der Waals surface area contributed by atoms with Gasteiger partial charge in [-0.1, -0.05) is 13.0 Å². The summed E-state index contributed by atoms with van der Waals surface area (Å²) < 4.78 is 130. The average Bonchev–Trinajstić information content (AvgIpc) is 3.73. The number of piperidine rings is 1. The Morgan fingerprint density at radius 1 is 0.950 bits per heavy atom. The molecule has 7 nitrogen and oxygen atoms in total. The lowest BCUT2D eigenvalue weighted by Crippen LogP contribution is -2.41. The van der Waals surface area contributed by atoms with Crippen LogP contribution in [0.3, 0.4) is 0 Å². The maximum absolute atomic E-state index is 13.2. The van der Waals surface area contributed by atoms with Crippen LogP contribution in [-0.2, 0) is 32.0 Å². The normalized spacial score (nSPS) is 18.5. The smallest absolute Gasteiger partial charge is 0.339 e. The van der Waals surface area contributed by atoms with Gasteiger partial charge in [-0.05, 0) is 67.9 Å². The number of hydrogen-bond donors (Lipinski definition) is 0. The third kappa shape index (κ3) is 6.45. The first-order valence-corrected chi connectivity index (χ1v) is 15.6. The number of alkyl halides is 6. The number of benzene rings is 1. The molecule has 0 spiro atoms. The van der Waals surface area contributed by atoms with Crippen molar-refractivity contribution >= 4 is 25.6 Å². The lowest BCUT2D eigenvalue weighted by atomic mass is 9.86. The zero-order chi connectivity index (χ0) is 29.7. The van der Waals surface area contributed by atoms with Crippen LogP contribution >= 0.6 is 0 Å². The third-order valence-corrected chi connectivity index (χ3v) is 11.4. The molecule has 2 heterocycles. The number of amides is 1. The zero-order valence-electron chi connectivity index (χ0n) is 21.2. The van der Waals surface area contributed by atoms with Crippen LogP contribution in [0.1, 0.15) is 54.2 Å². The van der Waals surface area contributed by atoms with Crippen molar-refractivity contribution in [2.75, 3.05) is 18.8 Å². The summed E-state index contributed by atoms with van der Waals surface area (Å²) in [5.41, 5.74) is -2.94. The summed E-state index contributed by atoms with van der Waals surface area (Å²) in [6.07, 6.45) is -8.45. The SMILES string of the molecule is CC(CS(=O)(=O)c1cccc(C(F)(F)F)c1)C1CCN(C(=O)c2ccc(C(F)(F)F)nc2S(=O)(=O)C2CC2)CC1. The summed E-state index contributed by atoms with van der Waals surface area (Å²) in [5.74, 6) is -1.90. The van der Waals surface area contributed by atoms with E-state index >= 15 is 0 Å². The number of rotatable bonds is 7. The van der Waals surface area contributed by atoms with Crippen LogP contribution in [0.25, 0.3) is 0 Å². The fraction of sp³-hybridized carbons (Fsp3) is 0.520. The Morgan fingerprint density at radius 3 is 2.12 bits per heavy atom. The van der Waals surface area contributed by atoms with E-state index in [0.717, 1.165) is 24.3 Å². The van der Waals surface area contributed by atoms with Crippen molar-refractivity contribution in [3.8, 4) is 0 Å². The van der Waals surface area contributed by atoms with E-state index < -0.39 is 81.6 Å². The molecule has 2 aliphatic rings. The minimum Gasteiger partial charge on any atom is -0.339 e. The van der Waals surface area contributed by atoms with E-state index in [0.29, 0.717) is 25.0 Å².